The number of halogens is 1. The van der Waals surface area contributed by atoms with Crippen molar-refractivity contribution in [1.29, 1.82) is 0 Å². The number of fused-ring (bicyclic) bond motifs is 1. The van der Waals surface area contributed by atoms with Crippen molar-refractivity contribution in [3.05, 3.63) is 95.6 Å². The van der Waals surface area contributed by atoms with Crippen molar-refractivity contribution in [1.82, 2.24) is 9.88 Å². The molecule has 3 aromatic carbocycles. The zero-order valence-corrected chi connectivity index (χ0v) is 21.9. The minimum absolute atomic E-state index is 0.00707. The van der Waals surface area contributed by atoms with Gasteiger partial charge < -0.3 is 19.7 Å². The van der Waals surface area contributed by atoms with Crippen LogP contribution in [0.3, 0.4) is 0 Å². The van der Waals surface area contributed by atoms with Crippen LogP contribution < -0.4 is 14.8 Å². The second-order valence-electron chi connectivity index (χ2n) is 8.98. The summed E-state index contributed by atoms with van der Waals surface area (Å²) in [6.45, 7) is 3.24. The molecule has 0 aliphatic carbocycles. The van der Waals surface area contributed by atoms with Gasteiger partial charge in [0.15, 0.2) is 6.61 Å². The lowest BCUT2D eigenvalue weighted by Crippen LogP contribution is -2.35. The van der Waals surface area contributed by atoms with Crippen LogP contribution in [0.25, 0.3) is 10.9 Å². The summed E-state index contributed by atoms with van der Waals surface area (Å²) < 4.78 is 11.2. The molecule has 0 saturated heterocycles. The third kappa shape index (κ3) is 7.61. The Hall–Kier alpha value is -3.77. The Kier molecular flexibility index (Phi) is 9.22. The predicted octanol–water partition coefficient (Wildman–Crippen LogP) is 6.59. The van der Waals surface area contributed by atoms with Gasteiger partial charge in [-0.3, -0.25) is 9.78 Å². The molecule has 1 N–H and O–H groups in total. The number of amides is 1. The Labute approximate surface area is 223 Å². The SMILES string of the molecule is COc1cc(NC(C)CCCN(Cc2ccc(Cl)cc2)C(=O)COc2ccccc2)c2ncccc2c1. The molecule has 0 aliphatic rings. The van der Waals surface area contributed by atoms with Crippen molar-refractivity contribution in [2.24, 2.45) is 0 Å². The predicted molar refractivity (Wildman–Crippen MR) is 149 cm³/mol. The van der Waals surface area contributed by atoms with E-state index in [-0.39, 0.29) is 18.6 Å². The van der Waals surface area contributed by atoms with Crippen molar-refractivity contribution in [3.63, 3.8) is 0 Å². The summed E-state index contributed by atoms with van der Waals surface area (Å²) in [5, 5.41) is 5.28. The molecule has 0 aliphatic heterocycles. The van der Waals surface area contributed by atoms with Gasteiger partial charge in [-0.15, -0.1) is 0 Å². The van der Waals surface area contributed by atoms with E-state index in [4.69, 9.17) is 21.1 Å². The molecule has 6 nitrogen and oxygen atoms in total. The van der Waals surface area contributed by atoms with E-state index in [0.717, 1.165) is 40.7 Å². The van der Waals surface area contributed by atoms with Crippen LogP contribution in [0.5, 0.6) is 11.5 Å². The van der Waals surface area contributed by atoms with Crippen LogP contribution >= 0.6 is 11.6 Å². The van der Waals surface area contributed by atoms with Crippen LogP contribution in [0.1, 0.15) is 25.3 Å². The molecule has 7 heteroatoms. The molecule has 1 unspecified atom stereocenters. The number of hydrogen-bond donors (Lipinski definition) is 1. The van der Waals surface area contributed by atoms with Gasteiger partial charge in [0, 0.05) is 41.8 Å². The van der Waals surface area contributed by atoms with Crippen LogP contribution in [0.2, 0.25) is 5.02 Å². The highest BCUT2D eigenvalue weighted by atomic mass is 35.5. The lowest BCUT2D eigenvalue weighted by atomic mass is 10.1. The summed E-state index contributed by atoms with van der Waals surface area (Å²) in [7, 11) is 1.67. The number of nitrogens with one attached hydrogen (secondary N) is 1. The van der Waals surface area contributed by atoms with E-state index in [1.165, 1.54) is 0 Å². The number of benzene rings is 3. The highest BCUT2D eigenvalue weighted by molar-refractivity contribution is 6.30. The summed E-state index contributed by atoms with van der Waals surface area (Å²) in [5.41, 5.74) is 2.87. The summed E-state index contributed by atoms with van der Waals surface area (Å²) in [5.74, 6) is 1.41. The fourth-order valence-corrected chi connectivity index (χ4v) is 4.30. The van der Waals surface area contributed by atoms with E-state index >= 15 is 0 Å². The number of hydrogen-bond acceptors (Lipinski definition) is 5. The minimum atomic E-state index is -0.0533. The molecule has 4 rings (SSSR count). The van der Waals surface area contributed by atoms with E-state index in [0.29, 0.717) is 23.9 Å². The lowest BCUT2D eigenvalue weighted by molar-refractivity contribution is -0.134. The number of anilines is 1. The van der Waals surface area contributed by atoms with Crippen LogP contribution in [0, 0.1) is 0 Å². The number of rotatable bonds is 12. The highest BCUT2D eigenvalue weighted by Gasteiger charge is 2.16. The Morgan fingerprint density at radius 3 is 2.57 bits per heavy atom. The number of carbonyl (C=O) groups is 1. The maximum Gasteiger partial charge on any atom is 0.260 e. The van der Waals surface area contributed by atoms with Gasteiger partial charge in [0.25, 0.3) is 5.91 Å². The Balaban J connectivity index is 1.38. The van der Waals surface area contributed by atoms with Crippen molar-refractivity contribution >= 4 is 34.1 Å². The highest BCUT2D eigenvalue weighted by Crippen LogP contribution is 2.28. The average Bonchev–Trinajstić information content (AvgIpc) is 2.92. The van der Waals surface area contributed by atoms with Crippen LogP contribution in [0.4, 0.5) is 5.69 Å². The molecule has 192 valence electrons. The average molecular weight is 518 g/mol. The van der Waals surface area contributed by atoms with E-state index in [9.17, 15) is 4.79 Å². The van der Waals surface area contributed by atoms with Crippen LogP contribution in [-0.4, -0.2) is 42.1 Å². The summed E-state index contributed by atoms with van der Waals surface area (Å²) in [6, 6.07) is 25.1. The van der Waals surface area contributed by atoms with Crippen LogP contribution in [-0.2, 0) is 11.3 Å². The Bertz CT molecular complexity index is 1300. The zero-order chi connectivity index (χ0) is 26.0. The van der Waals surface area contributed by atoms with Crippen molar-refractivity contribution in [3.8, 4) is 11.5 Å². The molecule has 1 amide bonds. The van der Waals surface area contributed by atoms with Gasteiger partial charge in [-0.05, 0) is 61.7 Å². The maximum absolute atomic E-state index is 13.1. The van der Waals surface area contributed by atoms with Gasteiger partial charge in [-0.2, -0.15) is 0 Å². The zero-order valence-electron chi connectivity index (χ0n) is 21.2. The number of para-hydroxylation sites is 1. The second kappa shape index (κ2) is 13.0. The van der Waals surface area contributed by atoms with E-state index in [2.05, 4.69) is 17.2 Å². The summed E-state index contributed by atoms with van der Waals surface area (Å²) in [6.07, 6.45) is 3.49. The minimum Gasteiger partial charge on any atom is -0.497 e. The van der Waals surface area contributed by atoms with Gasteiger partial charge in [0.05, 0.1) is 18.3 Å². The van der Waals surface area contributed by atoms with E-state index in [1.807, 2.05) is 83.8 Å². The number of nitrogens with zero attached hydrogens (tertiary/aromatic N) is 2. The first kappa shape index (κ1) is 26.3. The maximum atomic E-state index is 13.1. The van der Waals surface area contributed by atoms with Crippen LogP contribution in [0.15, 0.2) is 85.1 Å². The molecule has 0 saturated carbocycles. The summed E-state index contributed by atoms with van der Waals surface area (Å²) in [4.78, 5) is 19.5. The smallest absolute Gasteiger partial charge is 0.260 e. The summed E-state index contributed by atoms with van der Waals surface area (Å²) >= 11 is 6.05. The molecule has 1 aromatic heterocycles. The van der Waals surface area contributed by atoms with E-state index in [1.54, 1.807) is 13.3 Å². The number of aromatic nitrogens is 1. The molecule has 37 heavy (non-hydrogen) atoms. The third-order valence-corrected chi connectivity index (χ3v) is 6.38. The number of methoxy groups -OCH3 is 1. The topological polar surface area (TPSA) is 63.7 Å². The standard InChI is InChI=1S/C30H32ClN3O3/c1-22(33-28-19-27(36-2)18-24-9-6-16-32-30(24)28)8-7-17-34(20-23-12-14-25(31)15-13-23)29(35)21-37-26-10-4-3-5-11-26/h3-6,9-16,18-19,22,33H,7-8,17,20-21H2,1-2H3. The van der Waals surface area contributed by atoms with E-state index < -0.39 is 0 Å². The first-order valence-electron chi connectivity index (χ1n) is 12.4. The van der Waals surface area contributed by atoms with Gasteiger partial charge in [-0.1, -0.05) is 48.0 Å². The number of pyridine rings is 1. The Morgan fingerprint density at radius 1 is 1.03 bits per heavy atom. The van der Waals surface area contributed by atoms with Crippen molar-refractivity contribution in [2.75, 3.05) is 25.6 Å². The number of ether oxygens (including phenoxy) is 2. The molecule has 1 atom stereocenters. The largest absolute Gasteiger partial charge is 0.497 e. The fraction of sp³-hybridized carbons (Fsp3) is 0.267. The van der Waals surface area contributed by atoms with Gasteiger partial charge >= 0.3 is 0 Å². The van der Waals surface area contributed by atoms with Gasteiger partial charge in [-0.25, -0.2) is 0 Å². The molecule has 4 aromatic rings. The number of carbonyl (C=O) groups excluding carboxylic acids is 1. The van der Waals surface area contributed by atoms with Gasteiger partial charge in [0.2, 0.25) is 0 Å². The monoisotopic (exact) mass is 517 g/mol. The molecular weight excluding hydrogens is 486 g/mol. The first-order chi connectivity index (χ1) is 18.0. The Morgan fingerprint density at radius 2 is 1.81 bits per heavy atom. The third-order valence-electron chi connectivity index (χ3n) is 6.13. The van der Waals surface area contributed by atoms with Crippen molar-refractivity contribution < 1.29 is 14.3 Å². The first-order valence-corrected chi connectivity index (χ1v) is 12.8. The molecule has 1 heterocycles. The molecule has 0 spiro atoms. The second-order valence-corrected chi connectivity index (χ2v) is 9.42. The normalized spacial score (nSPS) is 11.6. The molecule has 0 fully saturated rings. The molecule has 0 radical (unpaired) electrons. The van der Waals surface area contributed by atoms with Crippen molar-refractivity contribution in [2.45, 2.75) is 32.4 Å². The quantitative estimate of drug-likeness (QED) is 0.230. The molecule has 0 bridgehead atoms. The lowest BCUT2D eigenvalue weighted by Gasteiger charge is -2.24. The molecular formula is C30H32ClN3O3. The van der Waals surface area contributed by atoms with Gasteiger partial charge in [0.1, 0.15) is 11.5 Å². The fourth-order valence-electron chi connectivity index (χ4n) is 4.17.